The van der Waals surface area contributed by atoms with Crippen molar-refractivity contribution in [3.63, 3.8) is 0 Å². The van der Waals surface area contributed by atoms with Crippen molar-refractivity contribution in [3.8, 4) is 5.75 Å². The summed E-state index contributed by atoms with van der Waals surface area (Å²) < 4.78 is 11.4. The van der Waals surface area contributed by atoms with Crippen LogP contribution in [0.3, 0.4) is 0 Å². The molecule has 0 saturated carbocycles. The molecule has 2 aromatic carbocycles. The number of nitrogens with zero attached hydrogens (tertiary/aromatic N) is 3. The summed E-state index contributed by atoms with van der Waals surface area (Å²) in [4.78, 5) is 56.3. The number of rotatable bonds is 6. The van der Waals surface area contributed by atoms with Gasteiger partial charge in [-0.25, -0.2) is 0 Å². The van der Waals surface area contributed by atoms with Crippen molar-refractivity contribution in [3.05, 3.63) is 64.7 Å². The molecule has 1 atom stereocenters. The van der Waals surface area contributed by atoms with Gasteiger partial charge in [0.25, 0.3) is 5.91 Å². The van der Waals surface area contributed by atoms with Crippen LogP contribution in [0, 0.1) is 0 Å². The van der Waals surface area contributed by atoms with Crippen LogP contribution < -0.4 is 4.74 Å². The highest BCUT2D eigenvalue weighted by atomic mass is 16.5. The second kappa shape index (κ2) is 9.97. The number of carbonyl (C=O) groups is 4. The maximum Gasteiger partial charge on any atom is 0.255 e. The van der Waals surface area contributed by atoms with Gasteiger partial charge in [0.2, 0.25) is 25.7 Å². The Bertz CT molecular complexity index is 1350. The molecule has 2 aromatic rings. The highest BCUT2D eigenvalue weighted by Crippen LogP contribution is 2.52. The SMILES string of the molecule is BN1C(=O)C(N2Cc3c(OCc4ccc(CN5CCOCC5=O)cc4)cccc3C2=O)C(B)(B)C(B)(B)C1=O. The Morgan fingerprint density at radius 3 is 2.36 bits per heavy atom. The fourth-order valence-electron chi connectivity index (χ4n) is 5.66. The normalized spacial score (nSPS) is 22.3. The zero-order valence-electron chi connectivity index (χ0n) is 23.2. The number of fused-ring (bicyclic) bond motifs is 1. The zero-order chi connectivity index (χ0) is 28.1. The van der Waals surface area contributed by atoms with E-state index in [9.17, 15) is 19.2 Å². The molecule has 3 aliphatic rings. The standard InChI is InChI=1S/C25H30B5N3O6/c26-24(27)20(22(36)33(30)23(37)25(24,28)29)32-11-17-16(21(32)35)2-1-3-18(17)39-12-15-6-4-14(5-7-15)10-31-8-9-38-13-19(31)34/h1-7,20H,8-13,26-30H2. The lowest BCUT2D eigenvalue weighted by atomic mass is 9.26. The zero-order valence-corrected chi connectivity index (χ0v) is 23.2. The second-order valence-corrected chi connectivity index (χ2v) is 11.6. The van der Waals surface area contributed by atoms with Gasteiger partial charge in [0.1, 0.15) is 56.4 Å². The predicted molar refractivity (Wildman–Crippen MR) is 157 cm³/mol. The van der Waals surface area contributed by atoms with Gasteiger partial charge in [-0.1, -0.05) is 35.5 Å². The maximum absolute atomic E-state index is 13.6. The van der Waals surface area contributed by atoms with Crippen LogP contribution in [0.1, 0.15) is 27.0 Å². The van der Waals surface area contributed by atoms with Crippen LogP contribution in [0.4, 0.5) is 0 Å². The number of morpholine rings is 1. The summed E-state index contributed by atoms with van der Waals surface area (Å²) in [5.74, 6) is -0.259. The monoisotopic (exact) mass is 523 g/mol. The number of carbonyl (C=O) groups excluding carboxylic acids is 4. The lowest BCUT2D eigenvalue weighted by Crippen LogP contribution is -2.67. The lowest BCUT2D eigenvalue weighted by Gasteiger charge is -2.54. The van der Waals surface area contributed by atoms with Crippen LogP contribution in [0.15, 0.2) is 42.5 Å². The maximum atomic E-state index is 13.6. The van der Waals surface area contributed by atoms with Crippen molar-refractivity contribution >= 4 is 63.0 Å². The van der Waals surface area contributed by atoms with E-state index in [2.05, 4.69) is 0 Å². The van der Waals surface area contributed by atoms with E-state index >= 15 is 0 Å². The van der Waals surface area contributed by atoms with Gasteiger partial charge in [-0.3, -0.25) is 19.2 Å². The largest absolute Gasteiger partial charge is 0.489 e. The van der Waals surface area contributed by atoms with Gasteiger partial charge in [0.05, 0.1) is 13.2 Å². The van der Waals surface area contributed by atoms with E-state index < -0.39 is 16.5 Å². The summed E-state index contributed by atoms with van der Waals surface area (Å²) >= 11 is 0. The minimum atomic E-state index is -0.837. The Hall–Kier alpha value is -3.40. The molecule has 0 N–H and O–H groups in total. The third-order valence-corrected chi connectivity index (χ3v) is 8.84. The molecule has 2 saturated heterocycles. The van der Waals surface area contributed by atoms with E-state index in [1.807, 2.05) is 61.7 Å². The Balaban J connectivity index is 1.31. The molecule has 3 heterocycles. The van der Waals surface area contributed by atoms with Crippen LogP contribution >= 0.6 is 0 Å². The molecule has 1 unspecified atom stereocenters. The van der Waals surface area contributed by atoms with Crippen LogP contribution in [-0.4, -0.2) is 103 Å². The topological polar surface area (TPSA) is 96.5 Å². The Morgan fingerprint density at radius 1 is 0.974 bits per heavy atom. The van der Waals surface area contributed by atoms with Gasteiger partial charge in [-0.05, 0) is 28.5 Å². The highest BCUT2D eigenvalue weighted by molar-refractivity contribution is 6.65. The smallest absolute Gasteiger partial charge is 0.255 e. The number of imide groups is 1. The Labute approximate surface area is 232 Å². The molecule has 0 aliphatic carbocycles. The minimum absolute atomic E-state index is 0.00435. The number of amides is 4. The molecule has 39 heavy (non-hydrogen) atoms. The van der Waals surface area contributed by atoms with Crippen molar-refractivity contribution in [2.45, 2.75) is 36.2 Å². The van der Waals surface area contributed by atoms with Crippen LogP contribution in [-0.2, 0) is 38.8 Å². The molecule has 0 aromatic heterocycles. The van der Waals surface area contributed by atoms with Gasteiger partial charge in [-0.2, -0.15) is 0 Å². The molecule has 3 aliphatic heterocycles. The molecule has 0 radical (unpaired) electrons. The first-order valence-corrected chi connectivity index (χ1v) is 13.2. The first-order valence-electron chi connectivity index (χ1n) is 13.2. The van der Waals surface area contributed by atoms with E-state index in [4.69, 9.17) is 9.47 Å². The van der Waals surface area contributed by atoms with Gasteiger partial charge in [0, 0.05) is 24.2 Å². The molecule has 5 rings (SSSR count). The number of benzene rings is 2. The fourth-order valence-corrected chi connectivity index (χ4v) is 5.66. The summed E-state index contributed by atoms with van der Waals surface area (Å²) in [6.07, 6.45) is 0. The molecule has 0 bridgehead atoms. The number of hydrogen-bond donors (Lipinski definition) is 0. The van der Waals surface area contributed by atoms with Crippen molar-refractivity contribution in [1.82, 2.24) is 14.6 Å². The summed E-state index contributed by atoms with van der Waals surface area (Å²) in [5.41, 5.74) is 3.24. The molecule has 2 fully saturated rings. The van der Waals surface area contributed by atoms with Gasteiger partial charge < -0.3 is 24.1 Å². The minimum Gasteiger partial charge on any atom is -0.489 e. The molecular formula is C25H30B5N3O6. The Kier molecular flexibility index (Phi) is 6.95. The summed E-state index contributed by atoms with van der Waals surface area (Å²) in [5, 5.41) is -1.62. The summed E-state index contributed by atoms with van der Waals surface area (Å²) in [7, 11) is 8.91. The van der Waals surface area contributed by atoms with Crippen molar-refractivity contribution in [1.29, 1.82) is 0 Å². The van der Waals surface area contributed by atoms with E-state index in [-0.39, 0.29) is 36.8 Å². The van der Waals surface area contributed by atoms with E-state index in [1.165, 1.54) is 7.98 Å². The van der Waals surface area contributed by atoms with Gasteiger partial charge in [0.15, 0.2) is 0 Å². The van der Waals surface area contributed by atoms with E-state index in [1.54, 1.807) is 21.9 Å². The van der Waals surface area contributed by atoms with Gasteiger partial charge in [-0.15, -0.1) is 0 Å². The van der Waals surface area contributed by atoms with Crippen molar-refractivity contribution in [2.75, 3.05) is 19.8 Å². The molecular weight excluding hydrogens is 492 g/mol. The molecule has 9 nitrogen and oxygen atoms in total. The summed E-state index contributed by atoms with van der Waals surface area (Å²) in [6, 6.07) is 12.5. The average Bonchev–Trinajstić information content (AvgIpc) is 3.24. The quantitative estimate of drug-likeness (QED) is 0.291. The van der Waals surface area contributed by atoms with E-state index in [0.29, 0.717) is 37.6 Å². The molecule has 196 valence electrons. The fraction of sp³-hybridized carbons (Fsp3) is 0.360. The molecule has 4 amide bonds. The second-order valence-electron chi connectivity index (χ2n) is 11.6. The number of ether oxygens (including phenoxy) is 2. The average molecular weight is 523 g/mol. The third kappa shape index (κ3) is 4.58. The van der Waals surface area contributed by atoms with Crippen LogP contribution in [0.2, 0.25) is 10.4 Å². The van der Waals surface area contributed by atoms with Crippen LogP contribution in [0.25, 0.3) is 0 Å². The summed E-state index contributed by atoms with van der Waals surface area (Å²) in [6.45, 7) is 2.35. The van der Waals surface area contributed by atoms with E-state index in [0.717, 1.165) is 21.5 Å². The lowest BCUT2D eigenvalue weighted by molar-refractivity contribution is -0.147. The van der Waals surface area contributed by atoms with Crippen LogP contribution in [0.5, 0.6) is 5.75 Å². The van der Waals surface area contributed by atoms with Crippen molar-refractivity contribution in [2.24, 2.45) is 0 Å². The third-order valence-electron chi connectivity index (χ3n) is 8.84. The number of hydrogen-bond acceptors (Lipinski definition) is 6. The highest BCUT2D eigenvalue weighted by Gasteiger charge is 2.59. The van der Waals surface area contributed by atoms with Gasteiger partial charge >= 0.3 is 0 Å². The first-order chi connectivity index (χ1) is 18.4. The first kappa shape index (κ1) is 27.2. The van der Waals surface area contributed by atoms with Crippen molar-refractivity contribution < 1.29 is 28.7 Å². The Morgan fingerprint density at radius 2 is 1.67 bits per heavy atom. The number of piperidine rings is 1. The predicted octanol–water partition coefficient (Wildman–Crippen LogP) is -3.37. The molecule has 14 heteroatoms. The molecule has 0 spiro atoms.